The highest BCUT2D eigenvalue weighted by Gasteiger charge is 2.20. The molecule has 25 heavy (non-hydrogen) atoms. The predicted octanol–water partition coefficient (Wildman–Crippen LogP) is 4.35. The lowest BCUT2D eigenvalue weighted by Crippen LogP contribution is -2.34. The van der Waals surface area contributed by atoms with E-state index in [9.17, 15) is 4.39 Å². The van der Waals surface area contributed by atoms with Crippen LogP contribution in [0.5, 0.6) is 5.88 Å². The van der Waals surface area contributed by atoms with E-state index in [1.165, 1.54) is 29.4 Å². The molecule has 4 nitrogen and oxygen atoms in total. The van der Waals surface area contributed by atoms with Gasteiger partial charge in [-0.25, -0.2) is 14.4 Å². The zero-order valence-electron chi connectivity index (χ0n) is 13.8. The van der Waals surface area contributed by atoms with Crippen LogP contribution in [0.1, 0.15) is 12.8 Å². The van der Waals surface area contributed by atoms with Crippen LogP contribution in [0.25, 0.3) is 21.3 Å². The molecule has 0 bridgehead atoms. The van der Waals surface area contributed by atoms with E-state index in [2.05, 4.69) is 15.3 Å². The molecular formula is C18H18FN3OS2. The molecule has 130 valence electrons. The molecule has 1 aliphatic heterocycles. The Balaban J connectivity index is 1.71. The lowest BCUT2D eigenvalue weighted by Gasteiger charge is -2.23. The summed E-state index contributed by atoms with van der Waals surface area (Å²) in [7, 11) is 0. The van der Waals surface area contributed by atoms with Crippen molar-refractivity contribution in [3.8, 4) is 17.0 Å². The summed E-state index contributed by atoms with van der Waals surface area (Å²) in [6.07, 6.45) is 5.54. The number of benzene rings is 1. The van der Waals surface area contributed by atoms with Gasteiger partial charge in [-0.3, -0.25) is 0 Å². The zero-order valence-corrected chi connectivity index (χ0v) is 15.4. The molecule has 0 radical (unpaired) electrons. The van der Waals surface area contributed by atoms with Crippen molar-refractivity contribution in [1.82, 2.24) is 15.3 Å². The Labute approximate surface area is 153 Å². The first-order chi connectivity index (χ1) is 12.3. The van der Waals surface area contributed by atoms with Crippen LogP contribution in [-0.2, 0) is 0 Å². The molecule has 1 fully saturated rings. The van der Waals surface area contributed by atoms with Gasteiger partial charge in [0.15, 0.2) is 0 Å². The van der Waals surface area contributed by atoms with Gasteiger partial charge in [0.25, 0.3) is 0 Å². The van der Waals surface area contributed by atoms with Crippen molar-refractivity contribution in [1.29, 1.82) is 0 Å². The van der Waals surface area contributed by atoms with Crippen molar-refractivity contribution in [2.45, 2.75) is 23.8 Å². The minimum absolute atomic E-state index is 0.169. The van der Waals surface area contributed by atoms with Gasteiger partial charge in [0.05, 0.1) is 5.52 Å². The number of nitrogens with one attached hydrogen (secondary N) is 1. The number of hydrogen-bond acceptors (Lipinski definition) is 6. The Morgan fingerprint density at radius 2 is 2.08 bits per heavy atom. The van der Waals surface area contributed by atoms with Crippen LogP contribution in [0.3, 0.4) is 0 Å². The fourth-order valence-electron chi connectivity index (χ4n) is 3.02. The molecule has 0 unspecified atom stereocenters. The summed E-state index contributed by atoms with van der Waals surface area (Å²) < 4.78 is 21.5. The van der Waals surface area contributed by atoms with Crippen molar-refractivity contribution in [3.63, 3.8) is 0 Å². The second-order valence-corrected chi connectivity index (χ2v) is 7.68. The molecule has 0 saturated carbocycles. The highest BCUT2D eigenvalue weighted by Crippen LogP contribution is 2.38. The van der Waals surface area contributed by atoms with Gasteiger partial charge in [-0.2, -0.15) is 0 Å². The number of hydrogen-bond donors (Lipinski definition) is 1. The van der Waals surface area contributed by atoms with Gasteiger partial charge in [-0.1, -0.05) is 6.07 Å². The van der Waals surface area contributed by atoms with Crippen LogP contribution in [0.15, 0.2) is 34.8 Å². The van der Waals surface area contributed by atoms with E-state index in [1.807, 2.05) is 23.8 Å². The molecule has 2 aromatic heterocycles. The SMILES string of the molecule is CSc1ccc(-c2csc3c(OC4CCNCC4)ncnc23)c(F)c1. The third-order valence-corrected chi connectivity index (χ3v) is 6.03. The zero-order chi connectivity index (χ0) is 17.2. The molecule has 1 aliphatic rings. The van der Waals surface area contributed by atoms with Gasteiger partial charge in [-0.05, 0) is 44.3 Å². The van der Waals surface area contributed by atoms with Crippen LogP contribution in [-0.4, -0.2) is 35.4 Å². The summed E-state index contributed by atoms with van der Waals surface area (Å²) in [6, 6.07) is 5.31. The quantitative estimate of drug-likeness (QED) is 0.687. The predicted molar refractivity (Wildman–Crippen MR) is 101 cm³/mol. The van der Waals surface area contributed by atoms with Crippen LogP contribution >= 0.6 is 23.1 Å². The number of nitrogens with zero attached hydrogens (tertiary/aromatic N) is 2. The third-order valence-electron chi connectivity index (χ3n) is 4.35. The molecule has 1 N–H and O–H groups in total. The monoisotopic (exact) mass is 375 g/mol. The van der Waals surface area contributed by atoms with E-state index in [0.717, 1.165) is 46.6 Å². The number of halogens is 1. The first kappa shape index (κ1) is 16.8. The second-order valence-electron chi connectivity index (χ2n) is 5.92. The maximum absolute atomic E-state index is 14.5. The Hall–Kier alpha value is -1.70. The Bertz CT molecular complexity index is 893. The van der Waals surface area contributed by atoms with Crippen molar-refractivity contribution in [2.75, 3.05) is 19.3 Å². The summed E-state index contributed by atoms with van der Waals surface area (Å²) in [4.78, 5) is 9.62. The minimum Gasteiger partial charge on any atom is -0.473 e. The second kappa shape index (κ2) is 7.27. The average Bonchev–Trinajstić information content (AvgIpc) is 3.07. The molecule has 0 aliphatic carbocycles. The lowest BCUT2D eigenvalue weighted by atomic mass is 10.1. The van der Waals surface area contributed by atoms with Gasteiger partial charge < -0.3 is 10.1 Å². The molecule has 3 aromatic rings. The molecule has 0 amide bonds. The number of piperidine rings is 1. The molecule has 1 aromatic carbocycles. The topological polar surface area (TPSA) is 47.0 Å². The average molecular weight is 375 g/mol. The van der Waals surface area contributed by atoms with E-state index in [4.69, 9.17) is 4.74 Å². The van der Waals surface area contributed by atoms with Crippen molar-refractivity contribution >= 4 is 33.3 Å². The summed E-state index contributed by atoms with van der Waals surface area (Å²) in [5, 5.41) is 5.26. The highest BCUT2D eigenvalue weighted by molar-refractivity contribution is 7.98. The van der Waals surface area contributed by atoms with Gasteiger partial charge >= 0.3 is 0 Å². The van der Waals surface area contributed by atoms with Crippen molar-refractivity contribution in [2.24, 2.45) is 0 Å². The highest BCUT2D eigenvalue weighted by atomic mass is 32.2. The smallest absolute Gasteiger partial charge is 0.235 e. The summed E-state index contributed by atoms with van der Waals surface area (Å²) >= 11 is 3.03. The van der Waals surface area contributed by atoms with E-state index in [1.54, 1.807) is 6.07 Å². The standard InChI is InChI=1S/C18H18FN3OS2/c1-24-12-2-3-13(15(19)8-12)14-9-25-17-16(14)21-10-22-18(17)23-11-4-6-20-7-5-11/h2-3,8-11,20H,4-7H2,1H3. The summed E-state index contributed by atoms with van der Waals surface area (Å²) in [5.74, 6) is 0.375. The van der Waals surface area contributed by atoms with Crippen molar-refractivity contribution < 1.29 is 9.13 Å². The largest absolute Gasteiger partial charge is 0.473 e. The lowest BCUT2D eigenvalue weighted by molar-refractivity contribution is 0.158. The molecule has 7 heteroatoms. The van der Waals surface area contributed by atoms with E-state index in [0.29, 0.717) is 11.4 Å². The fourth-order valence-corrected chi connectivity index (χ4v) is 4.39. The number of thiophene rings is 1. The summed E-state index contributed by atoms with van der Waals surface area (Å²) in [6.45, 7) is 1.92. The Morgan fingerprint density at radius 3 is 2.84 bits per heavy atom. The normalized spacial score (nSPS) is 15.6. The van der Waals surface area contributed by atoms with Crippen LogP contribution in [0, 0.1) is 5.82 Å². The molecule has 0 spiro atoms. The number of fused-ring (bicyclic) bond motifs is 1. The Morgan fingerprint density at radius 1 is 1.24 bits per heavy atom. The number of rotatable bonds is 4. The van der Waals surface area contributed by atoms with Crippen LogP contribution in [0.4, 0.5) is 4.39 Å². The molecule has 4 rings (SSSR count). The van der Waals surface area contributed by atoms with Gasteiger partial charge in [0.1, 0.15) is 22.9 Å². The van der Waals surface area contributed by atoms with Gasteiger partial charge in [0.2, 0.25) is 5.88 Å². The number of thioether (sulfide) groups is 1. The van der Waals surface area contributed by atoms with E-state index < -0.39 is 0 Å². The first-order valence-electron chi connectivity index (χ1n) is 8.19. The van der Waals surface area contributed by atoms with Gasteiger partial charge in [-0.15, -0.1) is 23.1 Å². The van der Waals surface area contributed by atoms with Crippen LogP contribution in [0.2, 0.25) is 0 Å². The number of aromatic nitrogens is 2. The summed E-state index contributed by atoms with van der Waals surface area (Å²) in [5.41, 5.74) is 2.11. The van der Waals surface area contributed by atoms with E-state index in [-0.39, 0.29) is 11.9 Å². The van der Waals surface area contributed by atoms with E-state index >= 15 is 0 Å². The fraction of sp³-hybridized carbons (Fsp3) is 0.333. The van der Waals surface area contributed by atoms with Gasteiger partial charge in [0, 0.05) is 21.4 Å². The third kappa shape index (κ3) is 3.36. The first-order valence-corrected chi connectivity index (χ1v) is 10.3. The van der Waals surface area contributed by atoms with Crippen LogP contribution < -0.4 is 10.1 Å². The molecular weight excluding hydrogens is 357 g/mol. The number of ether oxygens (including phenoxy) is 1. The maximum Gasteiger partial charge on any atom is 0.235 e. The van der Waals surface area contributed by atoms with Crippen molar-refractivity contribution in [3.05, 3.63) is 35.7 Å². The maximum atomic E-state index is 14.5. The molecule has 1 saturated heterocycles. The molecule has 3 heterocycles. The molecule has 0 atom stereocenters. The Kier molecular flexibility index (Phi) is 4.87. The minimum atomic E-state index is -0.231.